The minimum Gasteiger partial charge on any atom is -0.373 e. The molecule has 0 radical (unpaired) electrons. The second-order valence-corrected chi connectivity index (χ2v) is 5.80. The smallest absolute Gasteiger partial charge is 0.272 e. The molecular formula is C17H21N5O. The van der Waals surface area contributed by atoms with Crippen molar-refractivity contribution >= 4 is 11.7 Å². The summed E-state index contributed by atoms with van der Waals surface area (Å²) in [4.78, 5) is 26.9. The zero-order valence-electron chi connectivity index (χ0n) is 13.3. The Morgan fingerprint density at radius 1 is 1.26 bits per heavy atom. The molecule has 6 nitrogen and oxygen atoms in total. The Morgan fingerprint density at radius 3 is 2.78 bits per heavy atom. The van der Waals surface area contributed by atoms with Crippen molar-refractivity contribution in [2.75, 3.05) is 25.5 Å². The average Bonchev–Trinajstić information content (AvgIpc) is 2.63. The minimum atomic E-state index is 0.0311. The third-order valence-corrected chi connectivity index (χ3v) is 4.26. The summed E-state index contributed by atoms with van der Waals surface area (Å²) in [6, 6.07) is 7.44. The van der Waals surface area contributed by atoms with Crippen LogP contribution in [0.1, 0.15) is 29.0 Å². The molecule has 2 aromatic rings. The van der Waals surface area contributed by atoms with Crippen molar-refractivity contribution in [1.29, 1.82) is 0 Å². The van der Waals surface area contributed by atoms with Gasteiger partial charge in [0, 0.05) is 38.1 Å². The van der Waals surface area contributed by atoms with Crippen LogP contribution in [0.4, 0.5) is 5.82 Å². The zero-order chi connectivity index (χ0) is 16.1. The molecule has 23 heavy (non-hydrogen) atoms. The summed E-state index contributed by atoms with van der Waals surface area (Å²) in [6.07, 6.45) is 6.19. The Morgan fingerprint density at radius 2 is 2.09 bits per heavy atom. The fourth-order valence-electron chi connectivity index (χ4n) is 2.93. The highest BCUT2D eigenvalue weighted by Gasteiger charge is 2.24. The summed E-state index contributed by atoms with van der Waals surface area (Å²) >= 11 is 0. The van der Waals surface area contributed by atoms with Crippen LogP contribution in [0, 0.1) is 5.92 Å². The van der Waals surface area contributed by atoms with Gasteiger partial charge in [0.15, 0.2) is 0 Å². The molecule has 1 N–H and O–H groups in total. The third-order valence-electron chi connectivity index (χ3n) is 4.26. The number of aromatic nitrogens is 3. The van der Waals surface area contributed by atoms with Crippen LogP contribution in [0.5, 0.6) is 0 Å². The van der Waals surface area contributed by atoms with Gasteiger partial charge in [-0.15, -0.1) is 0 Å². The zero-order valence-corrected chi connectivity index (χ0v) is 13.3. The number of carbonyl (C=O) groups is 1. The van der Waals surface area contributed by atoms with E-state index in [9.17, 15) is 4.79 Å². The Kier molecular flexibility index (Phi) is 4.80. The Labute approximate surface area is 136 Å². The maximum absolute atomic E-state index is 12.4. The largest absolute Gasteiger partial charge is 0.373 e. The summed E-state index contributed by atoms with van der Waals surface area (Å²) in [6.45, 7) is 1.56. The van der Waals surface area contributed by atoms with Gasteiger partial charge in [0.2, 0.25) is 0 Å². The number of anilines is 1. The van der Waals surface area contributed by atoms with E-state index in [-0.39, 0.29) is 5.91 Å². The monoisotopic (exact) mass is 311 g/mol. The van der Waals surface area contributed by atoms with E-state index in [0.29, 0.717) is 11.6 Å². The van der Waals surface area contributed by atoms with Gasteiger partial charge in [-0.05, 0) is 37.3 Å². The van der Waals surface area contributed by atoms with E-state index < -0.39 is 0 Å². The molecule has 6 heteroatoms. The summed E-state index contributed by atoms with van der Waals surface area (Å²) in [5.74, 6) is 1.43. The van der Waals surface area contributed by atoms with E-state index in [0.717, 1.165) is 43.9 Å². The number of amides is 1. The summed E-state index contributed by atoms with van der Waals surface area (Å²) in [5.41, 5.74) is 1.58. The van der Waals surface area contributed by atoms with Crippen LogP contribution in [0.2, 0.25) is 0 Å². The SMILES string of the molecule is CNc1cc(CC2CCN(C(=O)c3ccccn3)CC2)ncn1. The van der Waals surface area contributed by atoms with Crippen molar-refractivity contribution in [2.45, 2.75) is 19.3 Å². The highest BCUT2D eigenvalue weighted by atomic mass is 16.2. The molecule has 0 saturated carbocycles. The molecule has 0 unspecified atom stereocenters. The predicted molar refractivity (Wildman–Crippen MR) is 88.1 cm³/mol. The Balaban J connectivity index is 1.55. The lowest BCUT2D eigenvalue weighted by molar-refractivity contribution is 0.0684. The summed E-state index contributed by atoms with van der Waals surface area (Å²) in [7, 11) is 1.85. The molecule has 0 bridgehead atoms. The van der Waals surface area contributed by atoms with Gasteiger partial charge in [-0.1, -0.05) is 6.07 Å². The molecule has 0 atom stereocenters. The Bertz CT molecular complexity index is 653. The van der Waals surface area contributed by atoms with Crippen LogP contribution in [0.3, 0.4) is 0 Å². The first-order chi connectivity index (χ1) is 11.3. The van der Waals surface area contributed by atoms with Gasteiger partial charge in [-0.2, -0.15) is 0 Å². The molecule has 1 saturated heterocycles. The maximum Gasteiger partial charge on any atom is 0.272 e. The molecule has 1 amide bonds. The van der Waals surface area contributed by atoms with Crippen LogP contribution >= 0.6 is 0 Å². The van der Waals surface area contributed by atoms with Gasteiger partial charge >= 0.3 is 0 Å². The number of nitrogens with zero attached hydrogens (tertiary/aromatic N) is 4. The van der Waals surface area contributed by atoms with Gasteiger partial charge < -0.3 is 10.2 Å². The number of likely N-dealkylation sites (tertiary alicyclic amines) is 1. The van der Waals surface area contributed by atoms with E-state index in [2.05, 4.69) is 20.3 Å². The number of carbonyl (C=O) groups excluding carboxylic acids is 1. The molecule has 1 aliphatic rings. The molecule has 3 heterocycles. The molecule has 0 aliphatic carbocycles. The van der Waals surface area contributed by atoms with E-state index in [1.165, 1.54) is 0 Å². The van der Waals surface area contributed by atoms with Gasteiger partial charge in [0.25, 0.3) is 5.91 Å². The standard InChI is InChI=1S/C17H21N5O/c1-18-16-11-14(20-12-21-16)10-13-5-8-22(9-6-13)17(23)15-4-2-3-7-19-15/h2-4,7,11-13H,5-6,8-10H2,1H3,(H,18,20,21). The highest BCUT2D eigenvalue weighted by Crippen LogP contribution is 2.22. The number of pyridine rings is 1. The van der Waals surface area contributed by atoms with Gasteiger partial charge in [-0.3, -0.25) is 9.78 Å². The first-order valence-electron chi connectivity index (χ1n) is 7.95. The molecule has 0 spiro atoms. The van der Waals surface area contributed by atoms with E-state index in [1.807, 2.05) is 30.1 Å². The number of hydrogen-bond donors (Lipinski definition) is 1. The summed E-state index contributed by atoms with van der Waals surface area (Å²) in [5, 5.41) is 3.03. The average molecular weight is 311 g/mol. The van der Waals surface area contributed by atoms with Crippen molar-refractivity contribution in [3.63, 3.8) is 0 Å². The molecule has 3 rings (SSSR count). The van der Waals surface area contributed by atoms with E-state index in [1.54, 1.807) is 18.6 Å². The fourth-order valence-corrected chi connectivity index (χ4v) is 2.93. The molecule has 2 aromatic heterocycles. The third kappa shape index (κ3) is 3.83. The topological polar surface area (TPSA) is 71.0 Å². The molecule has 0 aromatic carbocycles. The van der Waals surface area contributed by atoms with Crippen molar-refractivity contribution in [2.24, 2.45) is 5.92 Å². The first kappa shape index (κ1) is 15.4. The van der Waals surface area contributed by atoms with Crippen LogP contribution in [-0.2, 0) is 6.42 Å². The fraction of sp³-hybridized carbons (Fsp3) is 0.412. The van der Waals surface area contributed by atoms with Crippen molar-refractivity contribution in [3.05, 3.63) is 48.2 Å². The van der Waals surface area contributed by atoms with E-state index >= 15 is 0 Å². The summed E-state index contributed by atoms with van der Waals surface area (Å²) < 4.78 is 0. The van der Waals surface area contributed by atoms with Crippen molar-refractivity contribution in [1.82, 2.24) is 19.9 Å². The molecular weight excluding hydrogens is 290 g/mol. The second-order valence-electron chi connectivity index (χ2n) is 5.80. The Hall–Kier alpha value is -2.50. The van der Waals surface area contributed by atoms with E-state index in [4.69, 9.17) is 0 Å². The quantitative estimate of drug-likeness (QED) is 0.935. The lowest BCUT2D eigenvalue weighted by Crippen LogP contribution is -2.39. The normalized spacial score (nSPS) is 15.4. The molecule has 120 valence electrons. The van der Waals surface area contributed by atoms with Crippen LogP contribution in [-0.4, -0.2) is 45.9 Å². The number of piperidine rings is 1. The maximum atomic E-state index is 12.4. The van der Waals surface area contributed by atoms with Crippen molar-refractivity contribution in [3.8, 4) is 0 Å². The molecule has 1 aliphatic heterocycles. The second kappa shape index (κ2) is 7.17. The first-order valence-corrected chi connectivity index (χ1v) is 7.95. The van der Waals surface area contributed by atoms with Gasteiger partial charge in [0.1, 0.15) is 17.8 Å². The van der Waals surface area contributed by atoms with Crippen molar-refractivity contribution < 1.29 is 4.79 Å². The number of hydrogen-bond acceptors (Lipinski definition) is 5. The lowest BCUT2D eigenvalue weighted by Gasteiger charge is -2.31. The predicted octanol–water partition coefficient (Wildman–Crippen LogP) is 2.01. The van der Waals surface area contributed by atoms with Gasteiger partial charge in [0.05, 0.1) is 0 Å². The van der Waals surface area contributed by atoms with Crippen LogP contribution < -0.4 is 5.32 Å². The van der Waals surface area contributed by atoms with Crippen LogP contribution in [0.15, 0.2) is 36.8 Å². The molecule has 1 fully saturated rings. The number of nitrogens with one attached hydrogen (secondary N) is 1. The number of rotatable bonds is 4. The van der Waals surface area contributed by atoms with Crippen LogP contribution in [0.25, 0.3) is 0 Å². The lowest BCUT2D eigenvalue weighted by atomic mass is 9.92. The minimum absolute atomic E-state index is 0.0311. The van der Waals surface area contributed by atoms with Gasteiger partial charge in [-0.25, -0.2) is 9.97 Å². The highest BCUT2D eigenvalue weighted by molar-refractivity contribution is 5.92.